The summed E-state index contributed by atoms with van der Waals surface area (Å²) in [5, 5.41) is 4.16. The second-order valence-electron chi connectivity index (χ2n) is 4.37. The summed E-state index contributed by atoms with van der Waals surface area (Å²) in [5.41, 5.74) is 2.43. The van der Waals surface area contributed by atoms with E-state index < -0.39 is 0 Å². The summed E-state index contributed by atoms with van der Waals surface area (Å²) in [5.74, 6) is 0. The van der Waals surface area contributed by atoms with Gasteiger partial charge in [-0.15, -0.1) is 0 Å². The summed E-state index contributed by atoms with van der Waals surface area (Å²) in [6.07, 6.45) is 2.42. The molecule has 2 heterocycles. The number of aromatic nitrogens is 2. The van der Waals surface area contributed by atoms with Gasteiger partial charge in [-0.05, 0) is 18.2 Å². The largest absolute Gasteiger partial charge is 0.352 e. The SMILES string of the molecule is O=c1ncc2c(n1-c1ccc(Cl)c(Cl)c1)CCNC2. The predicted octanol–water partition coefficient (Wildman–Crippen LogP) is 2.18. The Kier molecular flexibility index (Phi) is 3.31. The molecule has 0 bridgehead atoms. The molecule has 4 nitrogen and oxygen atoms in total. The van der Waals surface area contributed by atoms with Crippen LogP contribution in [0.4, 0.5) is 0 Å². The lowest BCUT2D eigenvalue weighted by Crippen LogP contribution is -2.33. The lowest BCUT2D eigenvalue weighted by atomic mass is 10.1. The highest BCUT2D eigenvalue weighted by Gasteiger charge is 2.16. The number of hydrogen-bond acceptors (Lipinski definition) is 3. The van der Waals surface area contributed by atoms with Gasteiger partial charge in [0.15, 0.2) is 0 Å². The van der Waals surface area contributed by atoms with Crippen molar-refractivity contribution >= 4 is 23.2 Å². The third-order valence-electron chi connectivity index (χ3n) is 3.18. The number of halogens is 2. The Morgan fingerprint density at radius 3 is 2.89 bits per heavy atom. The van der Waals surface area contributed by atoms with Crippen LogP contribution in [0.15, 0.2) is 29.2 Å². The van der Waals surface area contributed by atoms with Crippen molar-refractivity contribution in [3.63, 3.8) is 0 Å². The summed E-state index contributed by atoms with van der Waals surface area (Å²) in [4.78, 5) is 16.0. The molecular weight excluding hydrogens is 285 g/mol. The molecule has 19 heavy (non-hydrogen) atoms. The van der Waals surface area contributed by atoms with E-state index in [4.69, 9.17) is 23.2 Å². The van der Waals surface area contributed by atoms with Gasteiger partial charge in [0, 0.05) is 37.0 Å². The number of hydrogen-bond donors (Lipinski definition) is 1. The van der Waals surface area contributed by atoms with Crippen molar-refractivity contribution in [1.82, 2.24) is 14.9 Å². The summed E-state index contributed by atoms with van der Waals surface area (Å²) < 4.78 is 1.61. The van der Waals surface area contributed by atoms with E-state index in [2.05, 4.69) is 10.3 Å². The van der Waals surface area contributed by atoms with Crippen molar-refractivity contribution in [2.45, 2.75) is 13.0 Å². The molecule has 0 radical (unpaired) electrons. The van der Waals surface area contributed by atoms with Crippen molar-refractivity contribution in [2.24, 2.45) is 0 Å². The fourth-order valence-corrected chi connectivity index (χ4v) is 2.56. The third-order valence-corrected chi connectivity index (χ3v) is 3.92. The number of benzene rings is 1. The standard InChI is InChI=1S/C13H11Cl2N3O/c14-10-2-1-9(5-11(10)15)18-12-3-4-16-6-8(12)7-17-13(18)19/h1-2,5,7,16H,3-4,6H2. The molecule has 1 aromatic carbocycles. The van der Waals surface area contributed by atoms with Gasteiger partial charge in [-0.1, -0.05) is 23.2 Å². The van der Waals surface area contributed by atoms with Crippen LogP contribution in [0.1, 0.15) is 11.3 Å². The second-order valence-corrected chi connectivity index (χ2v) is 5.19. The van der Waals surface area contributed by atoms with Crippen LogP contribution in [0, 0.1) is 0 Å². The van der Waals surface area contributed by atoms with E-state index in [1.807, 2.05) is 0 Å². The van der Waals surface area contributed by atoms with Crippen LogP contribution in [0.3, 0.4) is 0 Å². The Morgan fingerprint density at radius 2 is 2.11 bits per heavy atom. The van der Waals surface area contributed by atoms with Crippen LogP contribution < -0.4 is 11.0 Å². The van der Waals surface area contributed by atoms with Gasteiger partial charge < -0.3 is 5.32 Å². The molecule has 1 aliphatic heterocycles. The van der Waals surface area contributed by atoms with Gasteiger partial charge in [-0.25, -0.2) is 9.78 Å². The summed E-state index contributed by atoms with van der Waals surface area (Å²) in [7, 11) is 0. The zero-order valence-corrected chi connectivity index (χ0v) is 11.5. The molecule has 2 aromatic rings. The van der Waals surface area contributed by atoms with Gasteiger partial charge in [0.05, 0.1) is 15.7 Å². The molecular formula is C13H11Cl2N3O. The van der Waals surface area contributed by atoms with Gasteiger partial charge in [0.25, 0.3) is 0 Å². The van der Waals surface area contributed by atoms with Crippen LogP contribution in [0.25, 0.3) is 5.69 Å². The molecule has 98 valence electrons. The molecule has 0 saturated heterocycles. The summed E-state index contributed by atoms with van der Waals surface area (Å²) in [6.45, 7) is 1.57. The summed E-state index contributed by atoms with van der Waals surface area (Å²) >= 11 is 11.9. The quantitative estimate of drug-likeness (QED) is 0.877. The Balaban J connectivity index is 2.24. The maximum atomic E-state index is 12.0. The first-order valence-corrected chi connectivity index (χ1v) is 6.68. The van der Waals surface area contributed by atoms with Gasteiger partial charge in [0.1, 0.15) is 0 Å². The topological polar surface area (TPSA) is 46.9 Å². The maximum Gasteiger partial charge on any atom is 0.352 e. The molecule has 0 atom stereocenters. The highest BCUT2D eigenvalue weighted by Crippen LogP contribution is 2.25. The molecule has 0 aliphatic carbocycles. The van der Waals surface area contributed by atoms with E-state index >= 15 is 0 Å². The van der Waals surface area contributed by atoms with Crippen molar-refractivity contribution in [2.75, 3.05) is 6.54 Å². The molecule has 3 rings (SSSR count). The van der Waals surface area contributed by atoms with Crippen molar-refractivity contribution in [3.05, 3.63) is 56.2 Å². The van der Waals surface area contributed by atoms with E-state index in [1.165, 1.54) is 0 Å². The molecule has 0 amide bonds. The van der Waals surface area contributed by atoms with Crippen LogP contribution in [0.2, 0.25) is 10.0 Å². The smallest absolute Gasteiger partial charge is 0.312 e. The molecule has 1 N–H and O–H groups in total. The summed E-state index contributed by atoms with van der Waals surface area (Å²) in [6, 6.07) is 5.15. The second kappa shape index (κ2) is 4.96. The number of nitrogens with zero attached hydrogens (tertiary/aromatic N) is 2. The molecule has 0 saturated carbocycles. The predicted molar refractivity (Wildman–Crippen MR) is 75.3 cm³/mol. The monoisotopic (exact) mass is 295 g/mol. The average Bonchev–Trinajstić information content (AvgIpc) is 2.42. The molecule has 0 spiro atoms. The maximum absolute atomic E-state index is 12.0. The minimum absolute atomic E-state index is 0.293. The van der Waals surface area contributed by atoms with Crippen molar-refractivity contribution in [3.8, 4) is 5.69 Å². The first-order valence-electron chi connectivity index (χ1n) is 5.93. The van der Waals surface area contributed by atoms with Gasteiger partial charge in [-0.2, -0.15) is 0 Å². The van der Waals surface area contributed by atoms with Gasteiger partial charge in [-0.3, -0.25) is 4.57 Å². The van der Waals surface area contributed by atoms with Crippen LogP contribution in [-0.2, 0) is 13.0 Å². The van der Waals surface area contributed by atoms with Crippen molar-refractivity contribution < 1.29 is 0 Å². The Hall–Kier alpha value is -1.36. The molecule has 1 aromatic heterocycles. The minimum Gasteiger partial charge on any atom is -0.312 e. The van der Waals surface area contributed by atoms with Gasteiger partial charge in [0.2, 0.25) is 0 Å². The Morgan fingerprint density at radius 1 is 1.26 bits per heavy atom. The number of fused-ring (bicyclic) bond motifs is 1. The Labute approximate surface area is 120 Å². The third kappa shape index (κ3) is 2.27. The highest BCUT2D eigenvalue weighted by molar-refractivity contribution is 6.42. The number of rotatable bonds is 1. The average molecular weight is 296 g/mol. The molecule has 0 unspecified atom stereocenters. The first kappa shape index (κ1) is 12.7. The first-order chi connectivity index (χ1) is 9.16. The van der Waals surface area contributed by atoms with E-state index in [0.717, 1.165) is 30.8 Å². The normalized spacial score (nSPS) is 14.2. The highest BCUT2D eigenvalue weighted by atomic mass is 35.5. The molecule has 1 aliphatic rings. The zero-order chi connectivity index (χ0) is 13.4. The van der Waals surface area contributed by atoms with Crippen molar-refractivity contribution in [1.29, 1.82) is 0 Å². The zero-order valence-electron chi connectivity index (χ0n) is 9.99. The molecule has 0 fully saturated rings. The van der Waals surface area contributed by atoms with Crippen LogP contribution >= 0.6 is 23.2 Å². The fraction of sp³-hybridized carbons (Fsp3) is 0.231. The number of nitrogens with one attached hydrogen (secondary N) is 1. The van der Waals surface area contributed by atoms with E-state index in [0.29, 0.717) is 15.7 Å². The fourth-order valence-electron chi connectivity index (χ4n) is 2.26. The Bertz CT molecular complexity index is 697. The minimum atomic E-state index is -0.293. The molecule has 6 heteroatoms. The van der Waals surface area contributed by atoms with E-state index in [-0.39, 0.29) is 5.69 Å². The van der Waals surface area contributed by atoms with Crippen LogP contribution in [-0.4, -0.2) is 16.1 Å². The van der Waals surface area contributed by atoms with Gasteiger partial charge >= 0.3 is 5.69 Å². The lowest BCUT2D eigenvalue weighted by molar-refractivity contribution is 0.604. The van der Waals surface area contributed by atoms with Crippen LogP contribution in [0.5, 0.6) is 0 Å². The van der Waals surface area contributed by atoms with E-state index in [9.17, 15) is 4.79 Å². The lowest BCUT2D eigenvalue weighted by Gasteiger charge is -2.21. The van der Waals surface area contributed by atoms with E-state index in [1.54, 1.807) is 29.0 Å².